The van der Waals surface area contributed by atoms with Crippen LogP contribution in [-0.2, 0) is 8.85 Å². The molecule has 0 N–H and O–H groups in total. The minimum atomic E-state index is -1.37. The van der Waals surface area contributed by atoms with Gasteiger partial charge in [0.25, 0.3) is 0 Å². The van der Waals surface area contributed by atoms with Gasteiger partial charge < -0.3 is 8.85 Å². The fourth-order valence-electron chi connectivity index (χ4n) is 0.930. The van der Waals surface area contributed by atoms with Crippen molar-refractivity contribution in [1.29, 1.82) is 0 Å². The molecule has 0 bridgehead atoms. The van der Waals surface area contributed by atoms with Crippen LogP contribution in [-0.4, -0.2) is 22.5 Å². The van der Waals surface area contributed by atoms with Crippen molar-refractivity contribution in [3.8, 4) is 0 Å². The van der Waals surface area contributed by atoms with Gasteiger partial charge in [0.15, 0.2) is 0 Å². The molecule has 0 aromatic carbocycles. The summed E-state index contributed by atoms with van der Waals surface area (Å²) >= 11 is 0. The normalized spacial score (nSPS) is 11.7. The molecule has 3 heteroatoms. The van der Waals surface area contributed by atoms with Gasteiger partial charge in [-0.05, 0) is 19.8 Å². The van der Waals surface area contributed by atoms with Crippen LogP contribution < -0.4 is 0 Å². The van der Waals surface area contributed by atoms with Gasteiger partial charge in [0.2, 0.25) is 0 Å². The number of hydrogen-bond acceptors (Lipinski definition) is 2. The van der Waals surface area contributed by atoms with Crippen molar-refractivity contribution >= 4 is 9.28 Å². The van der Waals surface area contributed by atoms with Crippen LogP contribution in [0.4, 0.5) is 0 Å². The van der Waals surface area contributed by atoms with E-state index in [4.69, 9.17) is 8.85 Å². The highest BCUT2D eigenvalue weighted by atomic mass is 28.3. The lowest BCUT2D eigenvalue weighted by Gasteiger charge is -2.14. The highest BCUT2D eigenvalue weighted by molar-refractivity contribution is 6.45. The lowest BCUT2D eigenvalue weighted by molar-refractivity contribution is 0.199. The molecule has 0 rings (SSSR count). The minimum Gasteiger partial charge on any atom is -0.396 e. The Morgan fingerprint density at radius 2 is 1.62 bits per heavy atom. The van der Waals surface area contributed by atoms with Gasteiger partial charge in [-0.15, -0.1) is 0 Å². The molecule has 0 unspecified atom stereocenters. The summed E-state index contributed by atoms with van der Waals surface area (Å²) in [6.45, 7) is 7.98. The van der Waals surface area contributed by atoms with Crippen LogP contribution in [0, 0.1) is 0 Å². The van der Waals surface area contributed by atoms with E-state index in [2.05, 4.69) is 26.0 Å². The first-order valence-electron chi connectivity index (χ1n) is 5.19. The summed E-state index contributed by atoms with van der Waals surface area (Å²) in [5.74, 6) is 0. The molecule has 0 radical (unpaired) electrons. The van der Waals surface area contributed by atoms with Crippen molar-refractivity contribution in [3.63, 3.8) is 0 Å². The summed E-state index contributed by atoms with van der Waals surface area (Å²) in [4.78, 5) is 0. The van der Waals surface area contributed by atoms with Crippen LogP contribution in [0.1, 0.15) is 33.6 Å². The van der Waals surface area contributed by atoms with Crippen LogP contribution in [0.15, 0.2) is 12.2 Å². The van der Waals surface area contributed by atoms with E-state index in [0.717, 1.165) is 32.1 Å². The average Bonchev–Trinajstić information content (AvgIpc) is 2.17. The van der Waals surface area contributed by atoms with E-state index in [1.165, 1.54) is 0 Å². The summed E-state index contributed by atoms with van der Waals surface area (Å²) in [5, 5.41) is 0. The predicted octanol–water partition coefficient (Wildman–Crippen LogP) is 2.64. The monoisotopic (exact) mass is 202 g/mol. The Hall–Kier alpha value is -0.123. The lowest BCUT2D eigenvalue weighted by Crippen LogP contribution is -2.22. The molecule has 0 aromatic heterocycles. The molecule has 0 aliphatic rings. The molecule has 13 heavy (non-hydrogen) atoms. The van der Waals surface area contributed by atoms with E-state index < -0.39 is 9.28 Å². The maximum absolute atomic E-state index is 5.66. The number of hydrogen-bond donors (Lipinski definition) is 0. The average molecular weight is 202 g/mol. The van der Waals surface area contributed by atoms with Gasteiger partial charge >= 0.3 is 9.28 Å². The molecule has 0 saturated heterocycles. The Morgan fingerprint density at radius 1 is 1.08 bits per heavy atom. The molecule has 0 aromatic rings. The van der Waals surface area contributed by atoms with Gasteiger partial charge in [-0.25, -0.2) is 0 Å². The zero-order valence-electron chi connectivity index (χ0n) is 9.08. The molecule has 0 aliphatic heterocycles. The zero-order valence-corrected chi connectivity index (χ0v) is 10.2. The van der Waals surface area contributed by atoms with Crippen molar-refractivity contribution in [2.24, 2.45) is 0 Å². The number of rotatable bonds is 8. The fraction of sp³-hybridized carbons (Fsp3) is 0.800. The molecule has 0 saturated carbocycles. The Kier molecular flexibility index (Phi) is 9.87. The molecular weight excluding hydrogens is 180 g/mol. The second-order valence-electron chi connectivity index (χ2n) is 2.98. The van der Waals surface area contributed by atoms with E-state index in [0.29, 0.717) is 0 Å². The van der Waals surface area contributed by atoms with E-state index >= 15 is 0 Å². The van der Waals surface area contributed by atoms with Crippen LogP contribution in [0.5, 0.6) is 0 Å². The van der Waals surface area contributed by atoms with Gasteiger partial charge in [-0.2, -0.15) is 0 Å². The smallest absolute Gasteiger partial charge is 0.325 e. The molecule has 0 spiro atoms. The highest BCUT2D eigenvalue weighted by Gasteiger charge is 2.09. The van der Waals surface area contributed by atoms with Crippen LogP contribution in [0.3, 0.4) is 0 Å². The molecule has 0 atom stereocenters. The fourth-order valence-corrected chi connectivity index (χ4v) is 2.79. The third-order valence-electron chi connectivity index (χ3n) is 1.58. The van der Waals surface area contributed by atoms with Crippen molar-refractivity contribution in [1.82, 2.24) is 0 Å². The number of allylic oxidation sites excluding steroid dienone is 2. The summed E-state index contributed by atoms with van der Waals surface area (Å²) < 4.78 is 11.3. The van der Waals surface area contributed by atoms with Crippen LogP contribution in [0.25, 0.3) is 0 Å². The lowest BCUT2D eigenvalue weighted by atomic mass is 10.5. The quantitative estimate of drug-likeness (QED) is 0.445. The Balaban J connectivity index is 3.59. The Bertz CT molecular complexity index is 118. The van der Waals surface area contributed by atoms with Gasteiger partial charge in [-0.3, -0.25) is 0 Å². The zero-order chi connectivity index (χ0) is 9.94. The maximum Gasteiger partial charge on any atom is 0.325 e. The van der Waals surface area contributed by atoms with E-state index in [9.17, 15) is 0 Å². The van der Waals surface area contributed by atoms with E-state index in [-0.39, 0.29) is 0 Å². The van der Waals surface area contributed by atoms with Crippen molar-refractivity contribution in [2.75, 3.05) is 13.2 Å². The van der Waals surface area contributed by atoms with E-state index in [1.54, 1.807) is 0 Å². The van der Waals surface area contributed by atoms with Crippen LogP contribution in [0.2, 0.25) is 6.04 Å². The highest BCUT2D eigenvalue weighted by Crippen LogP contribution is 2.00. The van der Waals surface area contributed by atoms with Crippen LogP contribution >= 0.6 is 0 Å². The third kappa shape index (κ3) is 8.21. The maximum atomic E-state index is 5.66. The second-order valence-corrected chi connectivity index (χ2v) is 4.97. The Morgan fingerprint density at radius 3 is 2.00 bits per heavy atom. The summed E-state index contributed by atoms with van der Waals surface area (Å²) in [6, 6.07) is 0.997. The van der Waals surface area contributed by atoms with Gasteiger partial charge in [0.1, 0.15) is 0 Å². The molecule has 0 heterocycles. The molecule has 2 nitrogen and oxygen atoms in total. The van der Waals surface area contributed by atoms with Gasteiger partial charge in [-0.1, -0.05) is 26.0 Å². The molecule has 0 aliphatic carbocycles. The minimum absolute atomic E-state index is 0.845. The molecule has 0 amide bonds. The summed E-state index contributed by atoms with van der Waals surface area (Å²) in [7, 11) is -1.37. The predicted molar refractivity (Wildman–Crippen MR) is 59.3 cm³/mol. The largest absolute Gasteiger partial charge is 0.396 e. The summed E-state index contributed by atoms with van der Waals surface area (Å²) in [6.07, 6.45) is 6.36. The SMILES string of the molecule is CC=CC[SiH](OCCC)OCCC. The molecule has 0 fully saturated rings. The van der Waals surface area contributed by atoms with Gasteiger partial charge in [0.05, 0.1) is 0 Å². The van der Waals surface area contributed by atoms with Crippen molar-refractivity contribution in [2.45, 2.75) is 39.7 Å². The molecular formula is C10H22O2Si. The molecule has 78 valence electrons. The van der Waals surface area contributed by atoms with Gasteiger partial charge in [0, 0.05) is 19.3 Å². The topological polar surface area (TPSA) is 18.5 Å². The van der Waals surface area contributed by atoms with Crippen molar-refractivity contribution < 1.29 is 8.85 Å². The third-order valence-corrected chi connectivity index (χ3v) is 3.45. The first kappa shape index (κ1) is 12.9. The first-order chi connectivity index (χ1) is 6.35. The van der Waals surface area contributed by atoms with Crippen molar-refractivity contribution in [3.05, 3.63) is 12.2 Å². The standard InChI is InChI=1S/C10H22O2Si/c1-4-7-10-13(11-8-5-2)12-9-6-3/h4,7,13H,5-6,8-10H2,1-3H3. The first-order valence-corrected chi connectivity index (χ1v) is 6.95. The summed E-state index contributed by atoms with van der Waals surface area (Å²) in [5.41, 5.74) is 0. The second kappa shape index (κ2) is 9.96. The Labute approximate surface area is 83.8 Å². The van der Waals surface area contributed by atoms with E-state index in [1.807, 2.05) is 6.92 Å².